The van der Waals surface area contributed by atoms with Gasteiger partial charge in [0.05, 0.1) is 0 Å². The Kier molecular flexibility index (Phi) is 10.1. The summed E-state index contributed by atoms with van der Waals surface area (Å²) in [4.78, 5) is 40.0. The number of nitrogens with one attached hydrogen (secondary N) is 2. The van der Waals surface area contributed by atoms with Crippen molar-refractivity contribution in [3.63, 3.8) is 0 Å². The summed E-state index contributed by atoms with van der Waals surface area (Å²) in [5.41, 5.74) is 6.10. The lowest BCUT2D eigenvalue weighted by Crippen LogP contribution is -2.39. The molecule has 0 fully saturated rings. The topological polar surface area (TPSA) is 100 Å². The Morgan fingerprint density at radius 3 is 2.43 bits per heavy atom. The van der Waals surface area contributed by atoms with E-state index in [4.69, 9.17) is 11.2 Å². The van der Waals surface area contributed by atoms with Gasteiger partial charge in [0.1, 0.15) is 23.7 Å². The van der Waals surface area contributed by atoms with Crippen LogP contribution in [0.2, 0.25) is 0 Å². The van der Waals surface area contributed by atoms with Gasteiger partial charge < -0.3 is 15.0 Å². The number of carbonyl (C=O) groups is 1. The van der Waals surface area contributed by atoms with E-state index in [1.807, 2.05) is 36.4 Å². The molecule has 0 radical (unpaired) electrons. The smallest absolute Gasteiger partial charge is 0.326 e. The van der Waals surface area contributed by atoms with Gasteiger partial charge in [-0.15, -0.1) is 12.3 Å². The number of fused-ring (bicyclic) bond motifs is 1. The van der Waals surface area contributed by atoms with E-state index in [2.05, 4.69) is 72.1 Å². The Bertz CT molecular complexity index is 1900. The van der Waals surface area contributed by atoms with E-state index in [1.165, 1.54) is 4.90 Å². The first-order valence-corrected chi connectivity index (χ1v) is 15.5. The maximum atomic E-state index is 14.1. The SMILES string of the molecule is C#CCCCN(C(=O)Nc1c(C(C)C)cc(-c2cccc(OCc3cccnc3)c2)cc1C(C)C)c1cc2cccnc2[nH]c1=O. The summed E-state index contributed by atoms with van der Waals surface area (Å²) in [7, 11) is 0. The molecule has 0 saturated carbocycles. The summed E-state index contributed by atoms with van der Waals surface area (Å²) in [5, 5.41) is 3.94. The van der Waals surface area contributed by atoms with Crippen LogP contribution in [0.3, 0.4) is 0 Å². The number of urea groups is 1. The van der Waals surface area contributed by atoms with Gasteiger partial charge in [-0.1, -0.05) is 45.9 Å². The second-order valence-electron chi connectivity index (χ2n) is 11.8. The number of H-pyrrole nitrogens is 1. The number of ether oxygens (including phenoxy) is 1. The highest BCUT2D eigenvalue weighted by Gasteiger charge is 2.24. The molecule has 0 aliphatic rings. The maximum absolute atomic E-state index is 14.1. The van der Waals surface area contributed by atoms with Gasteiger partial charge in [-0.2, -0.15) is 0 Å². The molecule has 8 nitrogen and oxygen atoms in total. The fraction of sp³-hybridized carbons (Fsp3) is 0.263. The molecule has 0 unspecified atom stereocenters. The summed E-state index contributed by atoms with van der Waals surface area (Å²) in [6.45, 7) is 9.14. The average Bonchev–Trinajstić information content (AvgIpc) is 3.06. The van der Waals surface area contributed by atoms with Gasteiger partial charge in [0.2, 0.25) is 0 Å². The zero-order chi connectivity index (χ0) is 32.6. The lowest BCUT2D eigenvalue weighted by molar-refractivity contribution is 0.256. The Morgan fingerprint density at radius 1 is 0.978 bits per heavy atom. The highest BCUT2D eigenvalue weighted by Crippen LogP contribution is 2.38. The second kappa shape index (κ2) is 14.6. The lowest BCUT2D eigenvalue weighted by Gasteiger charge is -2.27. The Hall–Kier alpha value is -5.42. The van der Waals surface area contributed by atoms with Gasteiger partial charge in [-0.05, 0) is 89.0 Å². The van der Waals surface area contributed by atoms with Crippen LogP contribution in [0.5, 0.6) is 5.75 Å². The number of amides is 2. The van der Waals surface area contributed by atoms with Crippen molar-refractivity contribution in [2.24, 2.45) is 0 Å². The number of hydrogen-bond donors (Lipinski definition) is 2. The van der Waals surface area contributed by atoms with Crippen LogP contribution in [0.15, 0.2) is 90.1 Å². The standard InChI is InChI=1S/C38H39N5O3/c1-6-7-8-18-43(34-22-29-14-11-17-40-36(29)42-37(34)44)38(45)41-35-32(25(2)3)20-30(21-33(35)26(4)5)28-13-9-15-31(19-28)46-24-27-12-10-16-39-23-27/h1,9-17,19-23,25-26H,7-8,18,24H2,2-5H3,(H,41,45)(H,40,42,44). The lowest BCUT2D eigenvalue weighted by atomic mass is 9.88. The van der Waals surface area contributed by atoms with Gasteiger partial charge in [0, 0.05) is 48.2 Å². The van der Waals surface area contributed by atoms with Crippen LogP contribution in [0.4, 0.5) is 16.2 Å². The third kappa shape index (κ3) is 7.44. The first kappa shape index (κ1) is 32.0. The number of rotatable bonds is 11. The molecular formula is C38H39N5O3. The van der Waals surface area contributed by atoms with E-state index in [1.54, 1.807) is 30.7 Å². The molecule has 0 aliphatic heterocycles. The summed E-state index contributed by atoms with van der Waals surface area (Å²) in [6.07, 6.45) is 11.7. The normalized spacial score (nSPS) is 11.1. The molecule has 8 heteroatoms. The minimum Gasteiger partial charge on any atom is -0.489 e. The highest BCUT2D eigenvalue weighted by molar-refractivity contribution is 6.03. The highest BCUT2D eigenvalue weighted by atomic mass is 16.5. The van der Waals surface area contributed by atoms with Crippen molar-refractivity contribution in [2.75, 3.05) is 16.8 Å². The molecule has 0 aliphatic carbocycles. The average molecular weight is 614 g/mol. The molecule has 2 amide bonds. The number of unbranched alkanes of at least 4 members (excludes halogenated alkanes) is 1. The van der Waals surface area contributed by atoms with Crippen LogP contribution in [-0.2, 0) is 6.61 Å². The largest absolute Gasteiger partial charge is 0.489 e. The van der Waals surface area contributed by atoms with Crippen LogP contribution in [0.25, 0.3) is 22.2 Å². The molecule has 234 valence electrons. The molecule has 0 saturated heterocycles. The monoisotopic (exact) mass is 613 g/mol. The molecule has 5 rings (SSSR count). The number of carbonyl (C=O) groups excluding carboxylic acids is 1. The van der Waals surface area contributed by atoms with E-state index in [9.17, 15) is 9.59 Å². The Balaban J connectivity index is 1.50. The zero-order valence-corrected chi connectivity index (χ0v) is 26.7. The molecule has 0 atom stereocenters. The molecule has 5 aromatic rings. The summed E-state index contributed by atoms with van der Waals surface area (Å²) in [6, 6.07) is 21.1. The van der Waals surface area contributed by atoms with Gasteiger partial charge >= 0.3 is 6.03 Å². The first-order chi connectivity index (χ1) is 22.2. The van der Waals surface area contributed by atoms with Gasteiger partial charge in [-0.25, -0.2) is 9.78 Å². The minimum absolute atomic E-state index is 0.0998. The fourth-order valence-corrected chi connectivity index (χ4v) is 5.39. The van der Waals surface area contributed by atoms with Crippen LogP contribution < -0.4 is 20.5 Å². The van der Waals surface area contributed by atoms with Crippen LogP contribution in [-0.4, -0.2) is 27.5 Å². The van der Waals surface area contributed by atoms with Crippen molar-refractivity contribution >= 4 is 28.4 Å². The second-order valence-corrected chi connectivity index (χ2v) is 11.8. The Labute approximate surface area is 269 Å². The quantitative estimate of drug-likeness (QED) is 0.115. The molecule has 2 aromatic carbocycles. The van der Waals surface area contributed by atoms with Crippen molar-refractivity contribution in [1.29, 1.82) is 0 Å². The summed E-state index contributed by atoms with van der Waals surface area (Å²) >= 11 is 0. The third-order valence-electron chi connectivity index (χ3n) is 7.81. The van der Waals surface area contributed by atoms with Gasteiger partial charge in [-0.3, -0.25) is 14.7 Å². The number of hydrogen-bond acceptors (Lipinski definition) is 5. The predicted octanol–water partition coefficient (Wildman–Crippen LogP) is 8.26. The van der Waals surface area contributed by atoms with Crippen molar-refractivity contribution in [3.8, 4) is 29.2 Å². The molecule has 3 heterocycles. The van der Waals surface area contributed by atoms with Gasteiger partial charge in [0.25, 0.3) is 5.56 Å². The Morgan fingerprint density at radius 2 is 1.74 bits per heavy atom. The molecular weight excluding hydrogens is 574 g/mol. The number of aromatic amines is 1. The third-order valence-corrected chi connectivity index (χ3v) is 7.81. The van der Waals surface area contributed by atoms with E-state index in [-0.39, 0.29) is 24.1 Å². The molecule has 3 aromatic heterocycles. The summed E-state index contributed by atoms with van der Waals surface area (Å²) < 4.78 is 6.08. The number of aromatic nitrogens is 3. The minimum atomic E-state index is -0.395. The van der Waals surface area contributed by atoms with Crippen LogP contribution in [0.1, 0.15) is 69.1 Å². The molecule has 0 spiro atoms. The van der Waals surface area contributed by atoms with Crippen molar-refractivity contribution < 1.29 is 9.53 Å². The molecule has 46 heavy (non-hydrogen) atoms. The van der Waals surface area contributed by atoms with Crippen LogP contribution >= 0.6 is 0 Å². The number of pyridine rings is 3. The number of benzene rings is 2. The van der Waals surface area contributed by atoms with Crippen LogP contribution in [0, 0.1) is 12.3 Å². The zero-order valence-electron chi connectivity index (χ0n) is 26.7. The van der Waals surface area contributed by atoms with Crippen molar-refractivity contribution in [1.82, 2.24) is 15.0 Å². The first-order valence-electron chi connectivity index (χ1n) is 15.5. The fourth-order valence-electron chi connectivity index (χ4n) is 5.39. The maximum Gasteiger partial charge on any atom is 0.326 e. The van der Waals surface area contributed by atoms with E-state index < -0.39 is 11.6 Å². The number of terminal acetylenes is 1. The van der Waals surface area contributed by atoms with Crippen molar-refractivity contribution in [2.45, 2.75) is 59.0 Å². The molecule has 2 N–H and O–H groups in total. The summed E-state index contributed by atoms with van der Waals surface area (Å²) in [5.74, 6) is 3.59. The van der Waals surface area contributed by atoms with Gasteiger partial charge in [0.15, 0.2) is 0 Å². The number of anilines is 2. The van der Waals surface area contributed by atoms with Crippen molar-refractivity contribution in [3.05, 3.63) is 112 Å². The van der Waals surface area contributed by atoms with E-state index in [0.29, 0.717) is 25.1 Å². The number of nitrogens with zero attached hydrogens (tertiary/aromatic N) is 3. The van der Waals surface area contributed by atoms with E-state index in [0.717, 1.165) is 44.6 Å². The molecule has 0 bridgehead atoms. The van der Waals surface area contributed by atoms with E-state index >= 15 is 0 Å². The predicted molar refractivity (Wildman–Crippen MR) is 185 cm³/mol.